The van der Waals surface area contributed by atoms with Crippen molar-refractivity contribution in [2.24, 2.45) is 0 Å². The number of nitrogens with zero attached hydrogens (tertiary/aromatic N) is 2. The Morgan fingerprint density at radius 2 is 1.89 bits per heavy atom. The number of likely N-dealkylation sites (tertiary alicyclic amines) is 1. The van der Waals surface area contributed by atoms with Crippen LogP contribution in [0, 0.1) is 13.8 Å². The molecule has 1 aromatic heterocycles. The number of hydrogen-bond acceptors (Lipinski definition) is 5. The van der Waals surface area contributed by atoms with Crippen molar-refractivity contribution < 1.29 is 14.3 Å². The van der Waals surface area contributed by atoms with Crippen LogP contribution in [0.1, 0.15) is 70.5 Å². The summed E-state index contributed by atoms with van der Waals surface area (Å²) in [6.07, 6.45) is 2.90. The molecule has 1 saturated heterocycles. The van der Waals surface area contributed by atoms with E-state index in [-0.39, 0.29) is 30.0 Å². The molecule has 8 nitrogen and oxygen atoms in total. The van der Waals surface area contributed by atoms with E-state index in [0.717, 1.165) is 41.6 Å². The first kappa shape index (κ1) is 27.3. The smallest absolute Gasteiger partial charge is 0.267 e. The molecule has 2 N–H and O–H groups in total. The minimum absolute atomic E-state index is 0.0581. The topological polar surface area (TPSA) is 104 Å². The maximum absolute atomic E-state index is 13.6. The predicted molar refractivity (Wildman–Crippen MR) is 146 cm³/mol. The third-order valence-electron chi connectivity index (χ3n) is 7.62. The van der Waals surface area contributed by atoms with Gasteiger partial charge in [0.2, 0.25) is 5.91 Å². The highest BCUT2D eigenvalue weighted by molar-refractivity contribution is 5.96. The van der Waals surface area contributed by atoms with E-state index in [1.165, 1.54) is 0 Å². The Kier molecular flexibility index (Phi) is 8.42. The fourth-order valence-corrected chi connectivity index (χ4v) is 5.55. The highest BCUT2D eigenvalue weighted by Gasteiger charge is 2.48. The van der Waals surface area contributed by atoms with Gasteiger partial charge >= 0.3 is 0 Å². The second kappa shape index (κ2) is 11.7. The number of aryl methyl sites for hydroxylation is 2. The Labute approximate surface area is 223 Å². The van der Waals surface area contributed by atoms with E-state index < -0.39 is 5.54 Å². The number of aromatic nitrogens is 2. The Morgan fingerprint density at radius 3 is 2.58 bits per heavy atom. The summed E-state index contributed by atoms with van der Waals surface area (Å²) >= 11 is 0. The van der Waals surface area contributed by atoms with Crippen molar-refractivity contribution in [1.82, 2.24) is 20.4 Å². The monoisotopic (exact) mass is 516 g/mol. The second-order valence-corrected chi connectivity index (χ2v) is 10.1. The van der Waals surface area contributed by atoms with E-state index in [9.17, 15) is 14.4 Å². The summed E-state index contributed by atoms with van der Waals surface area (Å²) in [5.74, 6) is -0.431. The number of methoxy groups -OCH3 is 1. The maximum Gasteiger partial charge on any atom is 0.267 e. The molecule has 2 atom stereocenters. The minimum Gasteiger partial charge on any atom is -0.382 e. The van der Waals surface area contributed by atoms with Crippen molar-refractivity contribution >= 4 is 11.8 Å². The molecule has 4 rings (SSSR count). The minimum atomic E-state index is -0.404. The van der Waals surface area contributed by atoms with Gasteiger partial charge in [-0.05, 0) is 68.0 Å². The molecule has 3 aromatic rings. The van der Waals surface area contributed by atoms with E-state index in [1.807, 2.05) is 55.1 Å². The van der Waals surface area contributed by atoms with Crippen molar-refractivity contribution in [3.8, 4) is 0 Å². The second-order valence-electron chi connectivity index (χ2n) is 10.1. The summed E-state index contributed by atoms with van der Waals surface area (Å²) in [4.78, 5) is 40.7. The van der Waals surface area contributed by atoms with E-state index in [0.29, 0.717) is 24.2 Å². The van der Waals surface area contributed by atoms with Crippen LogP contribution >= 0.6 is 0 Å². The Morgan fingerprint density at radius 1 is 1.13 bits per heavy atom. The lowest BCUT2D eigenvalue weighted by atomic mass is 9.94. The van der Waals surface area contributed by atoms with Gasteiger partial charge in [0.1, 0.15) is 0 Å². The highest BCUT2D eigenvalue weighted by Crippen LogP contribution is 2.44. The van der Waals surface area contributed by atoms with Crippen molar-refractivity contribution in [2.45, 2.75) is 58.0 Å². The average molecular weight is 517 g/mol. The zero-order valence-electron chi connectivity index (χ0n) is 22.5. The van der Waals surface area contributed by atoms with Crippen LogP contribution in [0.5, 0.6) is 0 Å². The van der Waals surface area contributed by atoms with Gasteiger partial charge in [-0.25, -0.2) is 5.10 Å². The molecular weight excluding hydrogens is 480 g/mol. The van der Waals surface area contributed by atoms with Gasteiger partial charge in [0, 0.05) is 24.7 Å². The predicted octanol–water partition coefficient (Wildman–Crippen LogP) is 3.87. The zero-order chi connectivity index (χ0) is 27.3. The fourth-order valence-electron chi connectivity index (χ4n) is 5.55. The number of rotatable bonds is 9. The van der Waals surface area contributed by atoms with E-state index >= 15 is 0 Å². The van der Waals surface area contributed by atoms with Crippen LogP contribution in [0.2, 0.25) is 0 Å². The first-order chi connectivity index (χ1) is 18.3. The first-order valence-electron chi connectivity index (χ1n) is 13.1. The standard InChI is InChI=1S/C30H36N4O4/c1-5-30(19-38-4)14-13-26(22-9-7-6-8-10-22)34(30)27(35)18-31-28(36)24-12-11-23(20(2)15-24)17-25-16-21(3)32-33-29(25)37/h6-12,15-16,26H,5,13-14,17-19H2,1-4H3,(H,31,36)(H,33,37)/t26-,30-/m0/s1. The van der Waals surface area contributed by atoms with Gasteiger partial charge in [0.05, 0.1) is 30.4 Å². The lowest BCUT2D eigenvalue weighted by Gasteiger charge is -2.40. The van der Waals surface area contributed by atoms with Gasteiger partial charge in [-0.15, -0.1) is 0 Å². The number of H-pyrrole nitrogens is 1. The number of carbonyl (C=O) groups is 2. The lowest BCUT2D eigenvalue weighted by molar-refractivity contribution is -0.139. The van der Waals surface area contributed by atoms with Gasteiger partial charge in [-0.1, -0.05) is 43.3 Å². The van der Waals surface area contributed by atoms with E-state index in [4.69, 9.17) is 4.74 Å². The SMILES string of the molecule is CC[C@@]1(COC)CC[C@@H](c2ccccc2)N1C(=O)CNC(=O)c1ccc(Cc2cc(C)n[nH]c2=O)c(C)c1. The third kappa shape index (κ3) is 5.70. The number of carbonyl (C=O) groups excluding carboxylic acids is 2. The quantitative estimate of drug-likeness (QED) is 0.449. The fraction of sp³-hybridized carbons (Fsp3) is 0.400. The molecule has 0 saturated carbocycles. The summed E-state index contributed by atoms with van der Waals surface area (Å²) in [7, 11) is 1.66. The van der Waals surface area contributed by atoms with Gasteiger partial charge in [-0.3, -0.25) is 14.4 Å². The summed E-state index contributed by atoms with van der Waals surface area (Å²) < 4.78 is 5.55. The number of hydrogen-bond donors (Lipinski definition) is 2. The van der Waals surface area contributed by atoms with Crippen LogP contribution in [0.4, 0.5) is 0 Å². The third-order valence-corrected chi connectivity index (χ3v) is 7.62. The Hall–Kier alpha value is -3.78. The van der Waals surface area contributed by atoms with Crippen molar-refractivity contribution in [3.05, 3.63) is 98.5 Å². The van der Waals surface area contributed by atoms with Gasteiger partial charge in [0.25, 0.3) is 11.5 Å². The molecule has 2 heterocycles. The van der Waals surface area contributed by atoms with Gasteiger partial charge in [-0.2, -0.15) is 5.10 Å². The lowest BCUT2D eigenvalue weighted by Crippen LogP contribution is -2.53. The Bertz CT molecular complexity index is 1350. The number of ether oxygens (including phenoxy) is 1. The van der Waals surface area contributed by atoms with Crippen LogP contribution in [0.3, 0.4) is 0 Å². The zero-order valence-corrected chi connectivity index (χ0v) is 22.5. The molecule has 0 radical (unpaired) electrons. The molecule has 38 heavy (non-hydrogen) atoms. The molecule has 1 aliphatic rings. The molecule has 1 fully saturated rings. The van der Waals surface area contributed by atoms with Crippen LogP contribution in [0.25, 0.3) is 0 Å². The van der Waals surface area contributed by atoms with Crippen molar-refractivity contribution in [2.75, 3.05) is 20.3 Å². The van der Waals surface area contributed by atoms with Crippen molar-refractivity contribution in [1.29, 1.82) is 0 Å². The van der Waals surface area contributed by atoms with Crippen LogP contribution in [-0.4, -0.2) is 52.7 Å². The molecule has 0 unspecified atom stereocenters. The van der Waals surface area contributed by atoms with Crippen LogP contribution in [0.15, 0.2) is 59.4 Å². The molecule has 1 aliphatic heterocycles. The summed E-state index contributed by atoms with van der Waals surface area (Å²) in [6.45, 7) is 6.17. The number of amides is 2. The molecule has 0 aliphatic carbocycles. The van der Waals surface area contributed by atoms with Gasteiger partial charge in [0.15, 0.2) is 0 Å². The number of aromatic amines is 1. The highest BCUT2D eigenvalue weighted by atomic mass is 16.5. The normalized spacial score (nSPS) is 18.9. The van der Waals surface area contributed by atoms with Crippen molar-refractivity contribution in [3.63, 3.8) is 0 Å². The molecule has 0 spiro atoms. The number of benzene rings is 2. The van der Waals surface area contributed by atoms with Gasteiger partial charge < -0.3 is 15.0 Å². The molecule has 200 valence electrons. The first-order valence-corrected chi connectivity index (χ1v) is 13.1. The summed E-state index contributed by atoms with van der Waals surface area (Å²) in [6, 6.07) is 17.1. The molecule has 8 heteroatoms. The average Bonchev–Trinajstić information content (AvgIpc) is 3.30. The number of nitrogens with one attached hydrogen (secondary N) is 2. The van der Waals surface area contributed by atoms with E-state index in [2.05, 4.69) is 22.4 Å². The summed E-state index contributed by atoms with van der Waals surface area (Å²) in [5, 5.41) is 9.26. The molecule has 2 amide bonds. The largest absolute Gasteiger partial charge is 0.382 e. The van der Waals surface area contributed by atoms with Crippen LogP contribution < -0.4 is 10.9 Å². The molecular formula is C30H36N4O4. The van der Waals surface area contributed by atoms with E-state index in [1.54, 1.807) is 25.3 Å². The van der Waals surface area contributed by atoms with Crippen LogP contribution in [-0.2, 0) is 16.0 Å². The molecule has 0 bridgehead atoms. The molecule has 2 aromatic carbocycles. The Balaban J connectivity index is 1.48. The maximum atomic E-state index is 13.6. The summed E-state index contributed by atoms with van der Waals surface area (Å²) in [5.41, 5.74) is 4.14.